The summed E-state index contributed by atoms with van der Waals surface area (Å²) < 4.78 is 52.5. The van der Waals surface area contributed by atoms with Gasteiger partial charge in [0.1, 0.15) is 42.8 Å². The van der Waals surface area contributed by atoms with Gasteiger partial charge in [-0.2, -0.15) is 0 Å². The molecule has 4 unspecified atom stereocenters. The molecule has 0 saturated carbocycles. The lowest BCUT2D eigenvalue weighted by Gasteiger charge is -2.49. The van der Waals surface area contributed by atoms with Gasteiger partial charge in [0.25, 0.3) is 5.91 Å². The van der Waals surface area contributed by atoms with E-state index in [1.165, 1.54) is 14.0 Å². The standard InChI is InChI=1S/C55H90FN5O15/c1-14-41-55(10,70)47(65)33(6)61(12)28-29(2)24-53(8,69)49(31(4)46(32(5)51(68)74-41)75-43-25-54(9,71-13)48(66)34(7)73-43)76-52-45(64)40(23-30(3)72-52)60(11)22-21-42(62)59-39(26-56)44(63)36-17-15-35(16-18-36)37-19-20-38(50(57)67)58-27-37/h15-20,29-34,39-41,43-49,52,58,63-66,69-70H,14,21-28H2,1-13H3,(H2,57,67)(H,59,62)/t29-,30-,31+,32-,33-,34+,39-,40+,41-,43?,44-,45-,46+,47-,48+,49-,52+,53?,54?,55?/m1/s1. The van der Waals surface area contributed by atoms with E-state index in [2.05, 4.69) is 10.6 Å². The highest BCUT2D eigenvalue weighted by atomic mass is 19.1. The second-order valence-electron chi connectivity index (χ2n) is 22.8. The molecule has 20 atom stereocenters. The van der Waals surface area contributed by atoms with E-state index in [4.69, 9.17) is 34.2 Å². The number of cyclic esters (lactones) is 1. The summed E-state index contributed by atoms with van der Waals surface area (Å²) in [5.74, 6) is -4.15. The molecular formula is C55H90FN5O15. The Kier molecular flexibility index (Phi) is 22.0. The third-order valence-corrected chi connectivity index (χ3v) is 16.5. The molecule has 3 saturated heterocycles. The van der Waals surface area contributed by atoms with Crippen molar-refractivity contribution in [2.45, 2.75) is 204 Å². The zero-order valence-corrected chi connectivity index (χ0v) is 46.9. The minimum absolute atomic E-state index is 0.0525. The number of rotatable bonds is 16. The number of primary amides is 1. The van der Waals surface area contributed by atoms with Crippen molar-refractivity contribution in [3.05, 3.63) is 53.2 Å². The fourth-order valence-corrected chi connectivity index (χ4v) is 11.6. The number of carbonyl (C=O) groups is 3. The molecule has 1 aromatic rings. The van der Waals surface area contributed by atoms with E-state index >= 15 is 0 Å². The zero-order chi connectivity index (χ0) is 56.8. The van der Waals surface area contributed by atoms with Gasteiger partial charge in [-0.3, -0.25) is 14.4 Å². The quantitative estimate of drug-likeness (QED) is 0.107. The predicted octanol–water partition coefficient (Wildman–Crippen LogP) is 2.20. The first-order valence-electron chi connectivity index (χ1n) is 26.8. The molecule has 0 spiro atoms. The highest BCUT2D eigenvalue weighted by molar-refractivity contribution is 5.93. The van der Waals surface area contributed by atoms with E-state index < -0.39 is 139 Å². The van der Waals surface area contributed by atoms with Gasteiger partial charge < -0.3 is 85.2 Å². The number of methoxy groups -OCH3 is 1. The number of alkyl halides is 1. The number of allylic oxidation sites excluding steroid dienone is 2. The molecular weight excluding hydrogens is 990 g/mol. The maximum atomic E-state index is 14.5. The van der Waals surface area contributed by atoms with Crippen LogP contribution in [-0.4, -0.2) is 202 Å². The van der Waals surface area contributed by atoms with Crippen LogP contribution in [0.2, 0.25) is 0 Å². The van der Waals surface area contributed by atoms with Crippen LogP contribution in [0.15, 0.2) is 42.1 Å². The lowest BCUT2D eigenvalue weighted by molar-refractivity contribution is -0.318. The number of nitrogens with one attached hydrogen (secondary N) is 2. The predicted molar refractivity (Wildman–Crippen MR) is 280 cm³/mol. The SMILES string of the molecule is CC[C@H]1OC(=O)[C@H](C)[C@@H](OC2CC(C)(OC)[C@@H](O)[C@H](C)O2)[C@H](C)[C@@H](O[C@@H]2O[C@H](C)C[C@H](N(C)CCC(=O)N[C@H](CF)[C@H](O)c3ccc(C4=CC=C(C(N)=O)NC4)cc3)[C@H]2O)C(C)(O)C[C@@H](C)CN(C)[C@H](C)[C@@H](O)C1(C)O. The normalized spacial score (nSPS) is 39.3. The van der Waals surface area contributed by atoms with Crippen molar-refractivity contribution in [3.63, 3.8) is 0 Å². The Labute approximate surface area is 448 Å². The zero-order valence-electron chi connectivity index (χ0n) is 46.9. The van der Waals surface area contributed by atoms with Gasteiger partial charge in [0.05, 0.1) is 53.3 Å². The van der Waals surface area contributed by atoms with Crippen LogP contribution in [0.1, 0.15) is 119 Å². The molecule has 21 heteroatoms. The molecule has 0 bridgehead atoms. The summed E-state index contributed by atoms with van der Waals surface area (Å²) in [6.07, 6.45) is -8.38. The molecule has 4 aliphatic heterocycles. The van der Waals surface area contributed by atoms with Crippen LogP contribution in [0.5, 0.6) is 0 Å². The van der Waals surface area contributed by atoms with Gasteiger partial charge >= 0.3 is 5.97 Å². The largest absolute Gasteiger partial charge is 0.459 e. The average Bonchev–Trinajstić information content (AvgIpc) is 3.37. The number of nitrogens with two attached hydrogens (primary N) is 1. The van der Waals surface area contributed by atoms with Crippen LogP contribution in [0.3, 0.4) is 0 Å². The minimum Gasteiger partial charge on any atom is -0.459 e. The molecule has 10 N–H and O–H groups in total. The first kappa shape index (κ1) is 63.2. The fraction of sp³-hybridized carbons (Fsp3) is 0.764. The number of hydrogen-bond acceptors (Lipinski definition) is 18. The number of dihydropyridines is 1. The van der Waals surface area contributed by atoms with Crippen molar-refractivity contribution >= 4 is 23.4 Å². The third-order valence-electron chi connectivity index (χ3n) is 16.5. The summed E-state index contributed by atoms with van der Waals surface area (Å²) in [5, 5.41) is 76.4. The number of carbonyl (C=O) groups excluding carboxylic acids is 3. The number of amides is 2. The molecule has 4 aliphatic rings. The van der Waals surface area contributed by atoms with Crippen LogP contribution >= 0.6 is 0 Å². The fourth-order valence-electron chi connectivity index (χ4n) is 11.6. The Morgan fingerprint density at radius 2 is 1.66 bits per heavy atom. The number of halogens is 1. The number of aliphatic hydroxyl groups is 6. The van der Waals surface area contributed by atoms with Crippen LogP contribution in [0, 0.1) is 17.8 Å². The summed E-state index contributed by atoms with van der Waals surface area (Å²) in [6, 6.07) is 4.28. The van der Waals surface area contributed by atoms with Gasteiger partial charge in [0.2, 0.25) is 5.91 Å². The second-order valence-corrected chi connectivity index (χ2v) is 22.8. The summed E-state index contributed by atoms with van der Waals surface area (Å²) in [6.45, 7) is 16.9. The summed E-state index contributed by atoms with van der Waals surface area (Å²) in [4.78, 5) is 43.1. The van der Waals surface area contributed by atoms with E-state index in [1.54, 1.807) is 104 Å². The first-order valence-corrected chi connectivity index (χ1v) is 26.8. The highest BCUT2D eigenvalue weighted by Gasteiger charge is 2.53. The average molecular weight is 1080 g/mol. The third kappa shape index (κ3) is 15.0. The number of nitrogens with zero attached hydrogens (tertiary/aromatic N) is 2. The molecule has 432 valence electrons. The van der Waals surface area contributed by atoms with Gasteiger partial charge in [-0.05, 0) is 111 Å². The van der Waals surface area contributed by atoms with E-state index in [-0.39, 0.29) is 38.1 Å². The van der Waals surface area contributed by atoms with Gasteiger partial charge in [0, 0.05) is 57.6 Å². The second kappa shape index (κ2) is 26.5. The summed E-state index contributed by atoms with van der Waals surface area (Å²) in [5.41, 5.74) is 3.01. The van der Waals surface area contributed by atoms with E-state index in [0.717, 1.165) is 11.1 Å². The number of hydrogen-bond donors (Lipinski definition) is 9. The Bertz CT molecular complexity index is 2150. The monoisotopic (exact) mass is 1080 g/mol. The first-order chi connectivity index (χ1) is 35.5. The van der Waals surface area contributed by atoms with Gasteiger partial charge in [-0.25, -0.2) is 4.39 Å². The maximum Gasteiger partial charge on any atom is 0.311 e. The Morgan fingerprint density at radius 1 is 1.00 bits per heavy atom. The molecule has 76 heavy (non-hydrogen) atoms. The van der Waals surface area contributed by atoms with Crippen LogP contribution in [0.25, 0.3) is 5.57 Å². The molecule has 0 aliphatic carbocycles. The van der Waals surface area contributed by atoms with Gasteiger partial charge in [0.15, 0.2) is 12.6 Å². The summed E-state index contributed by atoms with van der Waals surface area (Å²) in [7, 11) is 5.00. The molecule has 4 heterocycles. The van der Waals surface area contributed by atoms with E-state index in [0.29, 0.717) is 30.8 Å². The molecule has 20 nitrogen and oxygen atoms in total. The number of aliphatic hydroxyl groups excluding tert-OH is 4. The molecule has 5 rings (SSSR count). The number of esters is 1. The highest BCUT2D eigenvalue weighted by Crippen LogP contribution is 2.40. The van der Waals surface area contributed by atoms with E-state index in [1.807, 2.05) is 18.7 Å². The number of ether oxygens (including phenoxy) is 6. The molecule has 2 amide bonds. The van der Waals surface area contributed by atoms with Crippen LogP contribution in [0.4, 0.5) is 4.39 Å². The smallest absolute Gasteiger partial charge is 0.311 e. The van der Waals surface area contributed by atoms with Crippen LogP contribution in [-0.2, 0) is 42.8 Å². The van der Waals surface area contributed by atoms with Crippen molar-refractivity contribution in [2.75, 3.05) is 47.5 Å². The minimum atomic E-state index is -1.88. The topological polar surface area (TPSA) is 285 Å². The maximum absolute atomic E-state index is 14.5. The molecule has 1 aromatic carbocycles. The van der Waals surface area contributed by atoms with Crippen molar-refractivity contribution in [3.8, 4) is 0 Å². The van der Waals surface area contributed by atoms with Crippen molar-refractivity contribution < 1.29 is 77.8 Å². The van der Waals surface area contributed by atoms with Crippen molar-refractivity contribution in [1.82, 2.24) is 20.4 Å². The van der Waals surface area contributed by atoms with Gasteiger partial charge in [-0.15, -0.1) is 0 Å². The Morgan fingerprint density at radius 3 is 2.24 bits per heavy atom. The number of likely N-dealkylation sites (N-methyl/N-ethyl adjacent to an activating group) is 2. The van der Waals surface area contributed by atoms with E-state index in [9.17, 15) is 49.4 Å². The molecule has 0 aromatic heterocycles. The van der Waals surface area contributed by atoms with Crippen LogP contribution < -0.4 is 16.4 Å². The lowest BCUT2D eigenvalue weighted by atomic mass is 9.77. The number of benzene rings is 1. The lowest BCUT2D eigenvalue weighted by Crippen LogP contribution is -2.61. The summed E-state index contributed by atoms with van der Waals surface area (Å²) >= 11 is 0. The molecule has 0 radical (unpaired) electrons. The Balaban J connectivity index is 1.38. The molecule has 3 fully saturated rings. The van der Waals surface area contributed by atoms with Crippen molar-refractivity contribution in [1.29, 1.82) is 0 Å². The Hall–Kier alpha value is -3.68. The van der Waals surface area contributed by atoms with Crippen molar-refractivity contribution in [2.24, 2.45) is 23.5 Å². The van der Waals surface area contributed by atoms with Gasteiger partial charge in [-0.1, -0.05) is 51.1 Å².